The number of rotatable bonds is 5. The number of carboxylic acids is 1. The van der Waals surface area contributed by atoms with Crippen molar-refractivity contribution in [2.45, 2.75) is 6.54 Å². The predicted octanol–water partition coefficient (Wildman–Crippen LogP) is 2.74. The van der Waals surface area contributed by atoms with Crippen molar-refractivity contribution in [2.24, 2.45) is 0 Å². The number of aromatic carboxylic acids is 1. The maximum absolute atomic E-state index is 13.4. The van der Waals surface area contributed by atoms with Crippen molar-refractivity contribution in [3.63, 3.8) is 0 Å². The van der Waals surface area contributed by atoms with Gasteiger partial charge in [0, 0.05) is 11.8 Å². The standard InChI is InChI=1S/C13H12FNO4/c1-18-11-3-2-8(6-10(11)14)15-7-12-9(13(16)17)4-5-19-12/h2-6,15H,7H2,1H3,(H,16,17). The summed E-state index contributed by atoms with van der Waals surface area (Å²) in [4.78, 5) is 10.9. The third kappa shape index (κ3) is 2.85. The Labute approximate surface area is 108 Å². The highest BCUT2D eigenvalue weighted by Gasteiger charge is 2.13. The van der Waals surface area contributed by atoms with Gasteiger partial charge in [-0.25, -0.2) is 9.18 Å². The van der Waals surface area contributed by atoms with Crippen LogP contribution in [0.5, 0.6) is 5.75 Å². The quantitative estimate of drug-likeness (QED) is 0.869. The van der Waals surface area contributed by atoms with Gasteiger partial charge in [0.1, 0.15) is 11.3 Å². The summed E-state index contributed by atoms with van der Waals surface area (Å²) >= 11 is 0. The van der Waals surface area contributed by atoms with Gasteiger partial charge in [0.05, 0.1) is 19.9 Å². The summed E-state index contributed by atoms with van der Waals surface area (Å²) in [6.45, 7) is 0.153. The normalized spacial score (nSPS) is 10.2. The van der Waals surface area contributed by atoms with Crippen molar-refractivity contribution in [3.05, 3.63) is 47.7 Å². The molecule has 0 aliphatic heterocycles. The average molecular weight is 265 g/mol. The first-order chi connectivity index (χ1) is 9.11. The van der Waals surface area contributed by atoms with Crippen molar-refractivity contribution in [3.8, 4) is 5.75 Å². The Morgan fingerprint density at radius 2 is 2.26 bits per heavy atom. The number of methoxy groups -OCH3 is 1. The Kier molecular flexibility index (Phi) is 3.70. The molecule has 0 amide bonds. The smallest absolute Gasteiger partial charge is 0.339 e. The number of hydrogen-bond acceptors (Lipinski definition) is 4. The van der Waals surface area contributed by atoms with Gasteiger partial charge < -0.3 is 19.6 Å². The van der Waals surface area contributed by atoms with E-state index >= 15 is 0 Å². The first-order valence-electron chi connectivity index (χ1n) is 5.49. The Morgan fingerprint density at radius 1 is 1.47 bits per heavy atom. The zero-order chi connectivity index (χ0) is 13.8. The fourth-order valence-corrected chi connectivity index (χ4v) is 1.63. The van der Waals surface area contributed by atoms with Crippen LogP contribution in [0, 0.1) is 5.82 Å². The van der Waals surface area contributed by atoms with E-state index < -0.39 is 11.8 Å². The van der Waals surface area contributed by atoms with E-state index in [4.69, 9.17) is 14.3 Å². The van der Waals surface area contributed by atoms with Gasteiger partial charge in [0.25, 0.3) is 0 Å². The highest BCUT2D eigenvalue weighted by atomic mass is 19.1. The van der Waals surface area contributed by atoms with E-state index in [2.05, 4.69) is 5.32 Å². The molecule has 1 aromatic carbocycles. The molecule has 0 bridgehead atoms. The molecule has 0 unspecified atom stereocenters. The molecule has 2 rings (SSSR count). The number of furan rings is 1. The Hall–Kier alpha value is -2.50. The van der Waals surface area contributed by atoms with Crippen molar-refractivity contribution in [1.29, 1.82) is 0 Å². The Morgan fingerprint density at radius 3 is 2.89 bits per heavy atom. The van der Waals surface area contributed by atoms with Crippen LogP contribution in [-0.2, 0) is 6.54 Å². The summed E-state index contributed by atoms with van der Waals surface area (Å²) in [6, 6.07) is 5.75. The van der Waals surface area contributed by atoms with Crippen molar-refractivity contribution in [2.75, 3.05) is 12.4 Å². The number of ether oxygens (including phenoxy) is 1. The molecule has 0 aliphatic rings. The number of halogens is 1. The molecule has 1 aromatic heterocycles. The number of anilines is 1. The van der Waals surface area contributed by atoms with Crippen molar-refractivity contribution < 1.29 is 23.4 Å². The molecule has 2 aromatic rings. The molecule has 0 spiro atoms. The van der Waals surface area contributed by atoms with Crippen LogP contribution in [0.1, 0.15) is 16.1 Å². The molecule has 19 heavy (non-hydrogen) atoms. The predicted molar refractivity (Wildman–Crippen MR) is 65.9 cm³/mol. The largest absolute Gasteiger partial charge is 0.494 e. The summed E-state index contributed by atoms with van der Waals surface area (Å²) in [7, 11) is 1.38. The van der Waals surface area contributed by atoms with Gasteiger partial charge in [-0.3, -0.25) is 0 Å². The third-order valence-corrected chi connectivity index (χ3v) is 2.58. The summed E-state index contributed by atoms with van der Waals surface area (Å²) in [5.74, 6) is -1.13. The van der Waals surface area contributed by atoms with Crippen LogP contribution in [-0.4, -0.2) is 18.2 Å². The van der Waals surface area contributed by atoms with E-state index in [1.54, 1.807) is 6.07 Å². The zero-order valence-electron chi connectivity index (χ0n) is 10.1. The molecule has 0 saturated carbocycles. The van der Waals surface area contributed by atoms with Gasteiger partial charge in [-0.15, -0.1) is 0 Å². The fraction of sp³-hybridized carbons (Fsp3) is 0.154. The van der Waals surface area contributed by atoms with Gasteiger partial charge in [0.2, 0.25) is 0 Å². The molecule has 5 nitrogen and oxygen atoms in total. The lowest BCUT2D eigenvalue weighted by atomic mass is 10.2. The fourth-order valence-electron chi connectivity index (χ4n) is 1.63. The van der Waals surface area contributed by atoms with E-state index in [1.807, 2.05) is 0 Å². The molecule has 1 heterocycles. The highest BCUT2D eigenvalue weighted by molar-refractivity contribution is 5.88. The van der Waals surface area contributed by atoms with E-state index in [0.717, 1.165) is 0 Å². The SMILES string of the molecule is COc1ccc(NCc2occc2C(=O)O)cc1F. The molecule has 0 fully saturated rings. The molecule has 2 N–H and O–H groups in total. The number of carboxylic acid groups (broad SMARTS) is 1. The maximum atomic E-state index is 13.4. The van der Waals surface area contributed by atoms with Gasteiger partial charge in [-0.05, 0) is 18.2 Å². The topological polar surface area (TPSA) is 71.7 Å². The second kappa shape index (κ2) is 5.43. The van der Waals surface area contributed by atoms with Crippen LogP contribution in [0.4, 0.5) is 10.1 Å². The third-order valence-electron chi connectivity index (χ3n) is 2.58. The van der Waals surface area contributed by atoms with Crippen LogP contribution in [0.2, 0.25) is 0 Å². The molecule has 0 aliphatic carbocycles. The Bertz CT molecular complexity index is 594. The van der Waals surface area contributed by atoms with Crippen molar-refractivity contribution >= 4 is 11.7 Å². The van der Waals surface area contributed by atoms with Gasteiger partial charge in [0.15, 0.2) is 11.6 Å². The molecular formula is C13H12FNO4. The summed E-state index contributed by atoms with van der Waals surface area (Å²) in [6.07, 6.45) is 1.30. The lowest BCUT2D eigenvalue weighted by Crippen LogP contribution is -2.05. The molecule has 100 valence electrons. The maximum Gasteiger partial charge on any atom is 0.339 e. The van der Waals surface area contributed by atoms with E-state index in [-0.39, 0.29) is 23.6 Å². The molecule has 6 heteroatoms. The minimum atomic E-state index is -1.06. The van der Waals surface area contributed by atoms with Crippen LogP contribution in [0.3, 0.4) is 0 Å². The van der Waals surface area contributed by atoms with Gasteiger partial charge in [-0.2, -0.15) is 0 Å². The summed E-state index contributed by atoms with van der Waals surface area (Å²) < 4.78 is 23.3. The van der Waals surface area contributed by atoms with Crippen molar-refractivity contribution in [1.82, 2.24) is 0 Å². The first kappa shape index (κ1) is 12.9. The molecule has 0 radical (unpaired) electrons. The number of carbonyl (C=O) groups is 1. The molecular weight excluding hydrogens is 253 g/mol. The Balaban J connectivity index is 2.08. The van der Waals surface area contributed by atoms with Gasteiger partial charge >= 0.3 is 5.97 Å². The molecule has 0 atom stereocenters. The minimum absolute atomic E-state index is 0.0847. The van der Waals surface area contributed by atoms with E-state index in [9.17, 15) is 9.18 Å². The van der Waals surface area contributed by atoms with Crippen LogP contribution < -0.4 is 10.1 Å². The molecule has 0 saturated heterocycles. The number of benzene rings is 1. The lowest BCUT2D eigenvalue weighted by molar-refractivity contribution is 0.0694. The average Bonchev–Trinajstić information content (AvgIpc) is 2.85. The van der Waals surface area contributed by atoms with Gasteiger partial charge in [-0.1, -0.05) is 0 Å². The summed E-state index contributed by atoms with van der Waals surface area (Å²) in [5.41, 5.74) is 0.590. The zero-order valence-corrected chi connectivity index (χ0v) is 10.1. The minimum Gasteiger partial charge on any atom is -0.494 e. The van der Waals surface area contributed by atoms with E-state index in [1.165, 1.54) is 31.6 Å². The second-order valence-electron chi connectivity index (χ2n) is 3.77. The second-order valence-corrected chi connectivity index (χ2v) is 3.77. The summed E-state index contributed by atoms with van der Waals surface area (Å²) in [5, 5.41) is 11.8. The highest BCUT2D eigenvalue weighted by Crippen LogP contribution is 2.21. The number of nitrogens with one attached hydrogen (secondary N) is 1. The number of hydrogen-bond donors (Lipinski definition) is 2. The first-order valence-corrected chi connectivity index (χ1v) is 5.49. The van der Waals surface area contributed by atoms with Crippen LogP contribution in [0.25, 0.3) is 0 Å². The lowest BCUT2D eigenvalue weighted by Gasteiger charge is -2.07. The van der Waals surface area contributed by atoms with E-state index in [0.29, 0.717) is 5.69 Å². The van der Waals surface area contributed by atoms with Crippen LogP contribution >= 0.6 is 0 Å². The monoisotopic (exact) mass is 265 g/mol. The van der Waals surface area contributed by atoms with Crippen LogP contribution in [0.15, 0.2) is 34.9 Å².